The highest BCUT2D eigenvalue weighted by Gasteiger charge is 2.38. The summed E-state index contributed by atoms with van der Waals surface area (Å²) in [6.07, 6.45) is 0. The Morgan fingerprint density at radius 2 is 2.00 bits per heavy atom. The Balaban J connectivity index is 2.49. The maximum absolute atomic E-state index is 11.0. The number of benzene rings is 1. The molecule has 0 aliphatic carbocycles. The predicted molar refractivity (Wildman–Crippen MR) is 64.5 cm³/mol. The third-order valence-electron chi connectivity index (χ3n) is 2.52. The normalized spacial score (nSPS) is 18.6. The van der Waals surface area contributed by atoms with Crippen LogP contribution in [0.15, 0.2) is 24.3 Å². The van der Waals surface area contributed by atoms with Crippen molar-refractivity contribution < 1.29 is 15.0 Å². The molecular formula is C11H11O3S2-. The number of carboxylic acid groups (broad SMARTS) is 1. The van der Waals surface area contributed by atoms with Gasteiger partial charge in [-0.2, -0.15) is 0 Å². The zero-order valence-electron chi connectivity index (χ0n) is 8.51. The number of rotatable bonds is 3. The van der Waals surface area contributed by atoms with E-state index in [4.69, 9.17) is 0 Å². The molecular weight excluding hydrogens is 244 g/mol. The molecule has 1 heterocycles. The Morgan fingerprint density at radius 1 is 1.38 bits per heavy atom. The Morgan fingerprint density at radius 3 is 2.56 bits per heavy atom. The second-order valence-corrected chi connectivity index (χ2v) is 6.49. The van der Waals surface area contributed by atoms with E-state index in [1.54, 1.807) is 41.7 Å². The molecule has 3 nitrogen and oxygen atoms in total. The van der Waals surface area contributed by atoms with Gasteiger partial charge in [0.1, 0.15) is 4.08 Å². The van der Waals surface area contributed by atoms with Crippen molar-refractivity contribution in [2.24, 2.45) is 0 Å². The molecule has 2 rings (SSSR count). The highest BCUT2D eigenvalue weighted by atomic mass is 32.2. The Bertz CT molecular complexity index is 400. The molecule has 1 aromatic rings. The summed E-state index contributed by atoms with van der Waals surface area (Å²) in [7, 11) is 0. The summed E-state index contributed by atoms with van der Waals surface area (Å²) in [6, 6.07) is 6.75. The summed E-state index contributed by atoms with van der Waals surface area (Å²) < 4.78 is -0.531. The molecule has 1 saturated heterocycles. The number of aliphatic hydroxyl groups excluding tert-OH is 1. The van der Waals surface area contributed by atoms with Crippen molar-refractivity contribution in [3.05, 3.63) is 35.4 Å². The van der Waals surface area contributed by atoms with Crippen LogP contribution in [0, 0.1) is 0 Å². The van der Waals surface area contributed by atoms with Crippen LogP contribution < -0.4 is 5.11 Å². The fourth-order valence-electron chi connectivity index (χ4n) is 1.78. The molecule has 1 aliphatic heterocycles. The van der Waals surface area contributed by atoms with Crippen molar-refractivity contribution in [3.63, 3.8) is 0 Å². The summed E-state index contributed by atoms with van der Waals surface area (Å²) in [5, 5.41) is 20.5. The van der Waals surface area contributed by atoms with Gasteiger partial charge in [0.15, 0.2) is 0 Å². The number of hydrogen-bond donors (Lipinski definition) is 1. The lowest BCUT2D eigenvalue weighted by Crippen LogP contribution is -2.29. The van der Waals surface area contributed by atoms with E-state index in [9.17, 15) is 15.0 Å². The molecule has 0 aromatic heterocycles. The lowest BCUT2D eigenvalue weighted by molar-refractivity contribution is -0.255. The van der Waals surface area contributed by atoms with Crippen molar-refractivity contribution in [1.82, 2.24) is 0 Å². The predicted octanol–water partition coefficient (Wildman–Crippen LogP) is 0.675. The maximum Gasteiger partial charge on any atom is 0.110 e. The van der Waals surface area contributed by atoms with E-state index in [0.717, 1.165) is 11.5 Å². The summed E-state index contributed by atoms with van der Waals surface area (Å²) >= 11 is 3.19. The largest absolute Gasteiger partial charge is 0.545 e. The van der Waals surface area contributed by atoms with Gasteiger partial charge in [0.25, 0.3) is 0 Å². The molecule has 86 valence electrons. The third-order valence-corrected chi connectivity index (χ3v) is 5.93. The van der Waals surface area contributed by atoms with Crippen LogP contribution in [0.5, 0.6) is 0 Å². The first-order valence-corrected chi connectivity index (χ1v) is 6.86. The topological polar surface area (TPSA) is 60.4 Å². The standard InChI is InChI=1S/C11H12O3S2/c12-7-11(15-5-6-16-11)9-4-2-1-3-8(9)10(13)14/h1-4,12H,5-7H2,(H,13,14)/p-1. The van der Waals surface area contributed by atoms with Gasteiger partial charge >= 0.3 is 0 Å². The molecule has 0 saturated carbocycles. The smallest absolute Gasteiger partial charge is 0.110 e. The van der Waals surface area contributed by atoms with Crippen LogP contribution in [-0.2, 0) is 4.08 Å². The number of aromatic carboxylic acids is 1. The minimum atomic E-state index is -1.18. The number of hydrogen-bond acceptors (Lipinski definition) is 5. The second-order valence-electron chi connectivity index (χ2n) is 3.44. The third kappa shape index (κ3) is 1.95. The highest BCUT2D eigenvalue weighted by Crippen LogP contribution is 2.52. The molecule has 1 aliphatic rings. The molecule has 1 fully saturated rings. The van der Waals surface area contributed by atoms with E-state index in [-0.39, 0.29) is 12.2 Å². The Hall–Kier alpha value is -0.650. The van der Waals surface area contributed by atoms with Gasteiger partial charge in [0.05, 0.1) is 12.6 Å². The van der Waals surface area contributed by atoms with Gasteiger partial charge in [-0.15, -0.1) is 23.5 Å². The van der Waals surface area contributed by atoms with Crippen LogP contribution in [-0.4, -0.2) is 29.2 Å². The summed E-state index contributed by atoms with van der Waals surface area (Å²) in [5.74, 6) is 0.663. The summed E-state index contributed by atoms with van der Waals surface area (Å²) in [5.41, 5.74) is 0.837. The molecule has 5 heteroatoms. The van der Waals surface area contributed by atoms with Gasteiger partial charge in [0, 0.05) is 17.1 Å². The molecule has 0 bridgehead atoms. The van der Waals surface area contributed by atoms with Crippen molar-refractivity contribution in [1.29, 1.82) is 0 Å². The molecule has 0 atom stereocenters. The molecule has 0 radical (unpaired) electrons. The van der Waals surface area contributed by atoms with E-state index in [0.29, 0.717) is 5.56 Å². The summed E-state index contributed by atoms with van der Waals surface area (Å²) in [6.45, 7) is -0.0629. The zero-order valence-corrected chi connectivity index (χ0v) is 10.1. The number of thioether (sulfide) groups is 2. The van der Waals surface area contributed by atoms with E-state index in [1.807, 2.05) is 0 Å². The van der Waals surface area contributed by atoms with Crippen molar-refractivity contribution >= 4 is 29.5 Å². The second kappa shape index (κ2) is 4.69. The van der Waals surface area contributed by atoms with Crippen LogP contribution in [0.2, 0.25) is 0 Å². The van der Waals surface area contributed by atoms with Crippen molar-refractivity contribution in [2.75, 3.05) is 18.1 Å². The highest BCUT2D eigenvalue weighted by molar-refractivity contribution is 8.20. The molecule has 16 heavy (non-hydrogen) atoms. The molecule has 1 N–H and O–H groups in total. The zero-order chi connectivity index (χ0) is 11.6. The average Bonchev–Trinajstić information content (AvgIpc) is 2.78. The molecule has 0 amide bonds. The van der Waals surface area contributed by atoms with E-state index >= 15 is 0 Å². The van der Waals surface area contributed by atoms with Crippen LogP contribution in [0.25, 0.3) is 0 Å². The minimum absolute atomic E-state index is 0.0629. The van der Waals surface area contributed by atoms with Crippen LogP contribution in [0.3, 0.4) is 0 Å². The quantitative estimate of drug-likeness (QED) is 0.860. The molecule has 0 unspecified atom stereocenters. The van der Waals surface area contributed by atoms with Gasteiger partial charge in [-0.25, -0.2) is 0 Å². The lowest BCUT2D eigenvalue weighted by Gasteiger charge is -2.27. The maximum atomic E-state index is 11.0. The number of carboxylic acids is 1. The first-order valence-electron chi connectivity index (χ1n) is 4.89. The van der Waals surface area contributed by atoms with Crippen LogP contribution in [0.4, 0.5) is 0 Å². The fraction of sp³-hybridized carbons (Fsp3) is 0.364. The van der Waals surface area contributed by atoms with Gasteiger partial charge in [0.2, 0.25) is 0 Å². The monoisotopic (exact) mass is 255 g/mol. The van der Waals surface area contributed by atoms with E-state index < -0.39 is 10.0 Å². The fourth-order valence-corrected chi connectivity index (χ4v) is 4.79. The summed E-state index contributed by atoms with van der Waals surface area (Å²) in [4.78, 5) is 11.0. The average molecular weight is 255 g/mol. The molecule has 0 spiro atoms. The Kier molecular flexibility index (Phi) is 3.47. The van der Waals surface area contributed by atoms with Crippen molar-refractivity contribution in [3.8, 4) is 0 Å². The number of carbonyl (C=O) groups excluding carboxylic acids is 1. The van der Waals surface area contributed by atoms with E-state index in [1.165, 1.54) is 6.07 Å². The Labute approximate surface area is 102 Å². The number of aliphatic hydroxyl groups is 1. The minimum Gasteiger partial charge on any atom is -0.545 e. The number of carbonyl (C=O) groups is 1. The van der Waals surface area contributed by atoms with Crippen molar-refractivity contribution in [2.45, 2.75) is 4.08 Å². The van der Waals surface area contributed by atoms with Gasteiger partial charge in [-0.3, -0.25) is 0 Å². The van der Waals surface area contributed by atoms with E-state index in [2.05, 4.69) is 0 Å². The van der Waals surface area contributed by atoms with Gasteiger partial charge in [-0.05, 0) is 5.56 Å². The molecule has 1 aromatic carbocycles. The van der Waals surface area contributed by atoms with Crippen LogP contribution >= 0.6 is 23.5 Å². The first-order chi connectivity index (χ1) is 7.69. The SMILES string of the molecule is O=C([O-])c1ccccc1C1(CO)SCCS1. The van der Waals surface area contributed by atoms with Gasteiger partial charge in [-0.1, -0.05) is 24.3 Å². The van der Waals surface area contributed by atoms with Gasteiger partial charge < -0.3 is 15.0 Å². The first kappa shape index (κ1) is 11.8. The van der Waals surface area contributed by atoms with Crippen LogP contribution in [0.1, 0.15) is 15.9 Å². The lowest BCUT2D eigenvalue weighted by atomic mass is 10.0.